The van der Waals surface area contributed by atoms with E-state index in [0.29, 0.717) is 18.0 Å². The van der Waals surface area contributed by atoms with E-state index in [0.717, 1.165) is 22.9 Å². The monoisotopic (exact) mass is 345 g/mol. The van der Waals surface area contributed by atoms with Crippen molar-refractivity contribution >= 4 is 33.4 Å². The quantitative estimate of drug-likeness (QED) is 0.890. The highest BCUT2D eigenvalue weighted by molar-refractivity contribution is 9.10. The van der Waals surface area contributed by atoms with Crippen molar-refractivity contribution in [1.82, 2.24) is 4.90 Å². The number of aliphatic hydroxyl groups excluding tert-OH is 1. The molecule has 0 bridgehead atoms. The van der Waals surface area contributed by atoms with Crippen molar-refractivity contribution in [3.05, 3.63) is 33.3 Å². The van der Waals surface area contributed by atoms with Gasteiger partial charge in [0, 0.05) is 28.5 Å². The molecule has 0 radical (unpaired) electrons. The van der Waals surface area contributed by atoms with Gasteiger partial charge in [-0.05, 0) is 36.6 Å². The van der Waals surface area contributed by atoms with E-state index in [4.69, 9.17) is 11.6 Å². The minimum Gasteiger partial charge on any atom is -0.396 e. The molecule has 2 rings (SSSR count). The molecule has 1 N–H and O–H groups in total. The second kappa shape index (κ2) is 5.81. The first-order chi connectivity index (χ1) is 8.96. The maximum absolute atomic E-state index is 12.2. The van der Waals surface area contributed by atoms with Crippen LogP contribution < -0.4 is 0 Å². The first-order valence-corrected chi connectivity index (χ1v) is 7.42. The number of amides is 1. The normalized spacial score (nSPS) is 16.2. The Bertz CT molecular complexity index is 488. The van der Waals surface area contributed by atoms with Crippen LogP contribution in [0, 0.1) is 5.41 Å². The highest BCUT2D eigenvalue weighted by atomic mass is 79.9. The summed E-state index contributed by atoms with van der Waals surface area (Å²) in [6, 6.07) is 5.44. The summed E-state index contributed by atoms with van der Waals surface area (Å²) in [5, 5.41) is 9.92. The van der Waals surface area contributed by atoms with Gasteiger partial charge in [-0.15, -0.1) is 0 Å². The molecule has 1 aliphatic rings. The Balaban J connectivity index is 1.98. The molecule has 0 heterocycles. The Hall–Kier alpha value is -0.580. The van der Waals surface area contributed by atoms with Crippen LogP contribution >= 0.6 is 27.5 Å². The molecule has 5 heteroatoms. The van der Waals surface area contributed by atoms with Crippen molar-refractivity contribution in [3.8, 4) is 0 Å². The largest absolute Gasteiger partial charge is 0.396 e. The number of aliphatic hydroxyl groups is 1. The Morgan fingerprint density at radius 2 is 2.21 bits per heavy atom. The summed E-state index contributed by atoms with van der Waals surface area (Å²) >= 11 is 9.37. The molecule has 104 valence electrons. The average Bonchev–Trinajstić information content (AvgIpc) is 3.14. The van der Waals surface area contributed by atoms with Gasteiger partial charge in [0.15, 0.2) is 0 Å². The van der Waals surface area contributed by atoms with E-state index in [2.05, 4.69) is 15.9 Å². The van der Waals surface area contributed by atoms with Crippen molar-refractivity contribution in [2.24, 2.45) is 5.41 Å². The van der Waals surface area contributed by atoms with Crippen LogP contribution in [-0.2, 0) is 11.2 Å². The lowest BCUT2D eigenvalue weighted by Crippen LogP contribution is -2.35. The third-order valence-electron chi connectivity index (χ3n) is 3.64. The first kappa shape index (κ1) is 14.8. The summed E-state index contributed by atoms with van der Waals surface area (Å²) in [5.74, 6) is 0.0442. The van der Waals surface area contributed by atoms with Crippen molar-refractivity contribution in [3.63, 3.8) is 0 Å². The van der Waals surface area contributed by atoms with Gasteiger partial charge in [-0.2, -0.15) is 0 Å². The number of hydrogen-bond acceptors (Lipinski definition) is 2. The SMILES string of the molecule is CN(CC1(CO)CC1)C(=O)Cc1cc(Cl)ccc1Br. The Labute approximate surface area is 126 Å². The molecule has 3 nitrogen and oxygen atoms in total. The molecule has 19 heavy (non-hydrogen) atoms. The molecule has 1 amide bonds. The predicted octanol–water partition coefficient (Wildman–Crippen LogP) is 2.88. The Morgan fingerprint density at radius 3 is 2.79 bits per heavy atom. The minimum atomic E-state index is -0.0457. The highest BCUT2D eigenvalue weighted by Crippen LogP contribution is 2.45. The smallest absolute Gasteiger partial charge is 0.226 e. The van der Waals surface area contributed by atoms with Crippen LogP contribution in [0.1, 0.15) is 18.4 Å². The van der Waals surface area contributed by atoms with Gasteiger partial charge in [0.1, 0.15) is 0 Å². The molecule has 0 saturated heterocycles. The van der Waals surface area contributed by atoms with Crippen LogP contribution in [0.3, 0.4) is 0 Å². The molecule has 0 atom stereocenters. The van der Waals surface area contributed by atoms with Gasteiger partial charge in [-0.1, -0.05) is 27.5 Å². The standard InChI is InChI=1S/C14H17BrClNO2/c1-17(8-14(9-18)4-5-14)13(19)7-10-6-11(16)2-3-12(10)15/h2-3,6,18H,4-5,7-9H2,1H3. The van der Waals surface area contributed by atoms with Crippen molar-refractivity contribution in [1.29, 1.82) is 0 Å². The number of likely N-dealkylation sites (N-methyl/N-ethyl adjacent to an activating group) is 1. The van der Waals surface area contributed by atoms with Crippen LogP contribution in [-0.4, -0.2) is 36.1 Å². The zero-order chi connectivity index (χ0) is 14.0. The van der Waals surface area contributed by atoms with Crippen molar-refractivity contribution < 1.29 is 9.90 Å². The number of carbonyl (C=O) groups excluding carboxylic acids is 1. The number of benzene rings is 1. The van der Waals surface area contributed by atoms with E-state index in [1.165, 1.54) is 0 Å². The van der Waals surface area contributed by atoms with E-state index in [1.807, 2.05) is 6.07 Å². The molecule has 1 aromatic carbocycles. The average molecular weight is 347 g/mol. The molecule has 1 fully saturated rings. The number of halogens is 2. The fraction of sp³-hybridized carbons (Fsp3) is 0.500. The van der Waals surface area contributed by atoms with Crippen LogP contribution in [0.15, 0.2) is 22.7 Å². The highest BCUT2D eigenvalue weighted by Gasteiger charge is 2.43. The van der Waals surface area contributed by atoms with E-state index in [-0.39, 0.29) is 17.9 Å². The number of carbonyl (C=O) groups is 1. The minimum absolute atomic E-state index is 0.0442. The van der Waals surface area contributed by atoms with Gasteiger partial charge in [0.2, 0.25) is 5.91 Å². The van der Waals surface area contributed by atoms with Gasteiger partial charge in [-0.25, -0.2) is 0 Å². The maximum Gasteiger partial charge on any atom is 0.226 e. The maximum atomic E-state index is 12.2. The van der Waals surface area contributed by atoms with Crippen molar-refractivity contribution in [2.45, 2.75) is 19.3 Å². The molecular formula is C14H17BrClNO2. The van der Waals surface area contributed by atoms with E-state index in [9.17, 15) is 9.90 Å². The van der Waals surface area contributed by atoms with Crippen LogP contribution in [0.2, 0.25) is 5.02 Å². The molecule has 1 aliphatic carbocycles. The summed E-state index contributed by atoms with van der Waals surface area (Å²) in [6.45, 7) is 0.784. The van der Waals surface area contributed by atoms with Crippen LogP contribution in [0.4, 0.5) is 0 Å². The third kappa shape index (κ3) is 3.71. The zero-order valence-electron chi connectivity index (χ0n) is 10.8. The lowest BCUT2D eigenvalue weighted by atomic mass is 10.1. The fourth-order valence-electron chi connectivity index (χ4n) is 2.11. The van der Waals surface area contributed by atoms with E-state index < -0.39 is 0 Å². The topological polar surface area (TPSA) is 40.5 Å². The molecule has 0 aliphatic heterocycles. The van der Waals surface area contributed by atoms with Gasteiger partial charge in [0.05, 0.1) is 13.0 Å². The first-order valence-electron chi connectivity index (χ1n) is 6.24. The molecule has 1 aromatic rings. The Kier molecular flexibility index (Phi) is 4.54. The van der Waals surface area contributed by atoms with Crippen LogP contribution in [0.5, 0.6) is 0 Å². The molecule has 0 unspecified atom stereocenters. The third-order valence-corrected chi connectivity index (χ3v) is 4.65. The summed E-state index contributed by atoms with van der Waals surface area (Å²) in [4.78, 5) is 13.9. The lowest BCUT2D eigenvalue weighted by Gasteiger charge is -2.22. The second-order valence-electron chi connectivity index (χ2n) is 5.32. The zero-order valence-corrected chi connectivity index (χ0v) is 13.2. The number of nitrogens with zero attached hydrogens (tertiary/aromatic N) is 1. The Morgan fingerprint density at radius 1 is 1.53 bits per heavy atom. The van der Waals surface area contributed by atoms with E-state index >= 15 is 0 Å². The molecule has 0 aromatic heterocycles. The van der Waals surface area contributed by atoms with Gasteiger partial charge in [-0.3, -0.25) is 4.79 Å². The summed E-state index contributed by atoms with van der Waals surface area (Å²) < 4.78 is 0.891. The van der Waals surface area contributed by atoms with Gasteiger partial charge in [0.25, 0.3) is 0 Å². The van der Waals surface area contributed by atoms with Gasteiger partial charge < -0.3 is 10.0 Å². The predicted molar refractivity (Wildman–Crippen MR) is 79.2 cm³/mol. The fourth-order valence-corrected chi connectivity index (χ4v) is 2.69. The second-order valence-corrected chi connectivity index (χ2v) is 6.61. The molecule has 1 saturated carbocycles. The lowest BCUT2D eigenvalue weighted by molar-refractivity contribution is -0.130. The number of hydrogen-bond donors (Lipinski definition) is 1. The van der Waals surface area contributed by atoms with E-state index in [1.54, 1.807) is 24.1 Å². The molecular weight excluding hydrogens is 330 g/mol. The molecule has 0 spiro atoms. The van der Waals surface area contributed by atoms with Gasteiger partial charge >= 0.3 is 0 Å². The van der Waals surface area contributed by atoms with Crippen molar-refractivity contribution in [2.75, 3.05) is 20.2 Å². The summed E-state index contributed by atoms with van der Waals surface area (Å²) in [6.07, 6.45) is 2.32. The van der Waals surface area contributed by atoms with Crippen LogP contribution in [0.25, 0.3) is 0 Å². The number of rotatable bonds is 5. The summed E-state index contributed by atoms with van der Waals surface area (Å²) in [5.41, 5.74) is 0.842. The summed E-state index contributed by atoms with van der Waals surface area (Å²) in [7, 11) is 1.79.